The van der Waals surface area contributed by atoms with Crippen LogP contribution in [0, 0.1) is 0 Å². The number of carbonyl (C=O) groups excluding carboxylic acids is 1. The summed E-state index contributed by atoms with van der Waals surface area (Å²) in [5, 5.41) is 0. The van der Waals surface area contributed by atoms with Crippen molar-refractivity contribution < 1.29 is 4.79 Å². The Kier molecular flexibility index (Phi) is 3.14. The number of hydrogen-bond donors (Lipinski definition) is 0. The van der Waals surface area contributed by atoms with Gasteiger partial charge in [0, 0.05) is 30.1 Å². The molecule has 0 radical (unpaired) electrons. The van der Waals surface area contributed by atoms with Gasteiger partial charge in [-0.05, 0) is 28.1 Å². The summed E-state index contributed by atoms with van der Waals surface area (Å²) in [5.74, 6) is 0.698. The molecule has 0 aromatic carbocycles. The Hall–Kier alpha value is -1.49. The van der Waals surface area contributed by atoms with Crippen LogP contribution in [0.25, 0.3) is 0 Å². The number of Topliss-reactive ketones (excluding diaryl/α,β-unsaturated/α-hetero) is 1. The maximum atomic E-state index is 11.9. The van der Waals surface area contributed by atoms with Crippen LogP contribution < -0.4 is 0 Å². The van der Waals surface area contributed by atoms with Gasteiger partial charge in [0.25, 0.3) is 0 Å². The van der Waals surface area contributed by atoms with Gasteiger partial charge in [-0.15, -0.1) is 0 Å². The van der Waals surface area contributed by atoms with Gasteiger partial charge in [-0.25, -0.2) is 4.98 Å². The molecule has 0 aliphatic rings. The van der Waals surface area contributed by atoms with E-state index >= 15 is 0 Å². The number of aryl methyl sites for hydroxylation is 1. The lowest BCUT2D eigenvalue weighted by molar-refractivity contribution is 0.0984. The number of carbonyl (C=O) groups is 1. The predicted molar refractivity (Wildman–Crippen MR) is 63.2 cm³/mol. The van der Waals surface area contributed by atoms with Crippen molar-refractivity contribution in [2.45, 2.75) is 6.42 Å². The number of nitrogens with zero attached hydrogens (tertiary/aromatic N) is 3. The van der Waals surface area contributed by atoms with Crippen LogP contribution in [0.3, 0.4) is 0 Å². The van der Waals surface area contributed by atoms with Crippen LogP contribution in [0.2, 0.25) is 0 Å². The molecular formula is C11H10BrN3O. The van der Waals surface area contributed by atoms with Crippen LogP contribution in [-0.2, 0) is 13.5 Å². The largest absolute Gasteiger partial charge is 0.338 e. The van der Waals surface area contributed by atoms with Gasteiger partial charge in [0.1, 0.15) is 11.5 Å². The summed E-state index contributed by atoms with van der Waals surface area (Å²) < 4.78 is 2.54. The Morgan fingerprint density at radius 3 is 2.88 bits per heavy atom. The molecule has 0 amide bonds. The molecule has 82 valence electrons. The van der Waals surface area contributed by atoms with Crippen molar-refractivity contribution in [3.8, 4) is 0 Å². The third-order valence-corrected chi connectivity index (χ3v) is 2.90. The highest BCUT2D eigenvalue weighted by atomic mass is 79.9. The fourth-order valence-corrected chi connectivity index (χ4v) is 1.86. The molecule has 4 nitrogen and oxygen atoms in total. The van der Waals surface area contributed by atoms with Gasteiger partial charge < -0.3 is 4.57 Å². The van der Waals surface area contributed by atoms with Gasteiger partial charge in [-0.1, -0.05) is 0 Å². The third kappa shape index (κ3) is 2.19. The number of halogens is 1. The molecule has 0 unspecified atom stereocenters. The van der Waals surface area contributed by atoms with Crippen LogP contribution in [0.1, 0.15) is 16.3 Å². The molecule has 2 rings (SSSR count). The lowest BCUT2D eigenvalue weighted by Gasteiger charge is -2.02. The van der Waals surface area contributed by atoms with Crippen LogP contribution in [0.15, 0.2) is 35.2 Å². The Morgan fingerprint density at radius 1 is 1.44 bits per heavy atom. The van der Waals surface area contributed by atoms with Gasteiger partial charge in [-0.3, -0.25) is 9.78 Å². The lowest BCUT2D eigenvalue weighted by Crippen LogP contribution is -2.10. The number of rotatable bonds is 3. The van der Waals surface area contributed by atoms with Crippen molar-refractivity contribution in [1.82, 2.24) is 14.5 Å². The SMILES string of the molecule is Cn1ccnc1CC(=O)c1ncccc1Br. The minimum Gasteiger partial charge on any atom is -0.338 e. The Labute approximate surface area is 101 Å². The molecule has 0 aliphatic heterocycles. The maximum Gasteiger partial charge on any atom is 0.189 e. The number of pyridine rings is 1. The molecule has 0 aliphatic carbocycles. The first-order valence-electron chi connectivity index (χ1n) is 4.78. The van der Waals surface area contributed by atoms with Crippen molar-refractivity contribution in [2.75, 3.05) is 0 Å². The highest BCUT2D eigenvalue weighted by molar-refractivity contribution is 9.10. The summed E-state index contributed by atoms with van der Waals surface area (Å²) in [6.45, 7) is 0. The van der Waals surface area contributed by atoms with Crippen LogP contribution in [0.5, 0.6) is 0 Å². The average Bonchev–Trinajstić information content (AvgIpc) is 2.65. The van der Waals surface area contributed by atoms with Crippen LogP contribution in [0.4, 0.5) is 0 Å². The Balaban J connectivity index is 2.22. The van der Waals surface area contributed by atoms with Gasteiger partial charge in [0.15, 0.2) is 5.78 Å². The minimum absolute atomic E-state index is 0.0400. The summed E-state index contributed by atoms with van der Waals surface area (Å²) in [7, 11) is 1.86. The molecule has 2 aromatic rings. The highest BCUT2D eigenvalue weighted by Crippen LogP contribution is 2.15. The van der Waals surface area contributed by atoms with Crippen molar-refractivity contribution in [3.63, 3.8) is 0 Å². The fraction of sp³-hybridized carbons (Fsp3) is 0.182. The fourth-order valence-electron chi connectivity index (χ4n) is 1.39. The Bertz CT molecular complexity index is 521. The Morgan fingerprint density at radius 2 is 2.25 bits per heavy atom. The monoisotopic (exact) mass is 279 g/mol. The second-order valence-corrected chi connectivity index (χ2v) is 4.24. The zero-order valence-corrected chi connectivity index (χ0v) is 10.3. The zero-order chi connectivity index (χ0) is 11.5. The average molecular weight is 280 g/mol. The van der Waals surface area contributed by atoms with Gasteiger partial charge >= 0.3 is 0 Å². The molecule has 0 bridgehead atoms. The number of hydrogen-bond acceptors (Lipinski definition) is 3. The van der Waals surface area contributed by atoms with E-state index in [0.717, 1.165) is 5.82 Å². The summed E-state index contributed by atoms with van der Waals surface area (Å²) in [4.78, 5) is 20.1. The van der Waals surface area contributed by atoms with Gasteiger partial charge in [0.2, 0.25) is 0 Å². The smallest absolute Gasteiger partial charge is 0.189 e. The quantitative estimate of drug-likeness (QED) is 0.808. The number of imidazole rings is 1. The predicted octanol–water partition coefficient (Wildman–Crippen LogP) is 2.00. The topological polar surface area (TPSA) is 47.8 Å². The van der Waals surface area contributed by atoms with E-state index in [9.17, 15) is 4.79 Å². The first-order valence-corrected chi connectivity index (χ1v) is 5.57. The third-order valence-electron chi connectivity index (χ3n) is 2.26. The molecular weight excluding hydrogens is 270 g/mol. The molecule has 0 N–H and O–H groups in total. The van der Waals surface area contributed by atoms with E-state index in [0.29, 0.717) is 10.2 Å². The number of ketones is 1. The molecule has 16 heavy (non-hydrogen) atoms. The summed E-state index contributed by atoms with van der Waals surface area (Å²) >= 11 is 3.31. The van der Waals surface area contributed by atoms with E-state index in [-0.39, 0.29) is 12.2 Å². The molecule has 5 heteroatoms. The van der Waals surface area contributed by atoms with E-state index in [1.807, 2.05) is 17.8 Å². The minimum atomic E-state index is -0.0400. The van der Waals surface area contributed by atoms with E-state index in [1.165, 1.54) is 0 Å². The van der Waals surface area contributed by atoms with E-state index < -0.39 is 0 Å². The zero-order valence-electron chi connectivity index (χ0n) is 8.72. The van der Waals surface area contributed by atoms with Gasteiger partial charge in [-0.2, -0.15) is 0 Å². The van der Waals surface area contributed by atoms with E-state index in [1.54, 1.807) is 24.5 Å². The standard InChI is InChI=1S/C11H10BrN3O/c1-15-6-5-13-10(15)7-9(16)11-8(12)3-2-4-14-11/h2-6H,7H2,1H3. The van der Waals surface area contributed by atoms with Crippen molar-refractivity contribution in [1.29, 1.82) is 0 Å². The molecule has 0 fully saturated rings. The van der Waals surface area contributed by atoms with Crippen molar-refractivity contribution >= 4 is 21.7 Å². The van der Waals surface area contributed by atoms with Crippen molar-refractivity contribution in [2.24, 2.45) is 7.05 Å². The molecule has 0 saturated heterocycles. The second kappa shape index (κ2) is 4.57. The van der Waals surface area contributed by atoms with Crippen LogP contribution in [-0.4, -0.2) is 20.3 Å². The lowest BCUT2D eigenvalue weighted by atomic mass is 10.2. The van der Waals surface area contributed by atoms with E-state index in [4.69, 9.17) is 0 Å². The first-order chi connectivity index (χ1) is 7.68. The normalized spacial score (nSPS) is 10.4. The molecule has 2 aromatic heterocycles. The number of aromatic nitrogens is 3. The molecule has 0 saturated carbocycles. The summed E-state index contributed by atoms with van der Waals surface area (Å²) in [5.41, 5.74) is 0.450. The maximum absolute atomic E-state index is 11.9. The summed E-state index contributed by atoms with van der Waals surface area (Å²) in [6.07, 6.45) is 5.36. The highest BCUT2D eigenvalue weighted by Gasteiger charge is 2.13. The molecule has 0 atom stereocenters. The summed E-state index contributed by atoms with van der Waals surface area (Å²) in [6, 6.07) is 3.58. The second-order valence-electron chi connectivity index (χ2n) is 3.39. The first kappa shape index (κ1) is 11.0. The van der Waals surface area contributed by atoms with Crippen LogP contribution >= 0.6 is 15.9 Å². The van der Waals surface area contributed by atoms with Crippen molar-refractivity contribution in [3.05, 3.63) is 46.7 Å². The van der Waals surface area contributed by atoms with Gasteiger partial charge in [0.05, 0.1) is 6.42 Å². The molecule has 2 heterocycles. The van der Waals surface area contributed by atoms with E-state index in [2.05, 4.69) is 25.9 Å². The molecule has 0 spiro atoms.